The van der Waals surface area contributed by atoms with Crippen molar-refractivity contribution in [2.75, 3.05) is 17.7 Å². The smallest absolute Gasteiger partial charge is 0.136 e. The van der Waals surface area contributed by atoms with Crippen molar-refractivity contribution in [2.45, 2.75) is 38.1 Å². The first-order valence-corrected chi connectivity index (χ1v) is 7.98. The third-order valence-corrected chi connectivity index (χ3v) is 4.32. The van der Waals surface area contributed by atoms with Crippen molar-refractivity contribution in [3.63, 3.8) is 0 Å². The molecule has 106 valence electrons. The lowest BCUT2D eigenvalue weighted by Crippen LogP contribution is -2.19. The van der Waals surface area contributed by atoms with Gasteiger partial charge in [0.1, 0.15) is 17.5 Å². The van der Waals surface area contributed by atoms with Crippen LogP contribution in [0.25, 0.3) is 0 Å². The van der Waals surface area contributed by atoms with E-state index in [0.717, 1.165) is 23.9 Å². The van der Waals surface area contributed by atoms with Crippen molar-refractivity contribution in [1.82, 2.24) is 9.97 Å². The van der Waals surface area contributed by atoms with Crippen LogP contribution in [-0.4, -0.2) is 23.1 Å². The summed E-state index contributed by atoms with van der Waals surface area (Å²) in [6, 6.07) is 6.62. The molecule has 1 atom stereocenters. The number of anilines is 2. The van der Waals surface area contributed by atoms with Crippen LogP contribution in [0.5, 0.6) is 0 Å². The quantitative estimate of drug-likeness (QED) is 0.854. The van der Waals surface area contributed by atoms with E-state index in [1.165, 1.54) is 17.7 Å². The number of thiophene rings is 1. The van der Waals surface area contributed by atoms with Gasteiger partial charge >= 0.3 is 0 Å². The lowest BCUT2D eigenvalue weighted by Gasteiger charge is -2.15. The summed E-state index contributed by atoms with van der Waals surface area (Å²) in [4.78, 5) is 10.6. The zero-order chi connectivity index (χ0) is 13.9. The Morgan fingerprint density at radius 3 is 2.80 bits per heavy atom. The van der Waals surface area contributed by atoms with Gasteiger partial charge in [-0.15, -0.1) is 11.3 Å². The van der Waals surface area contributed by atoms with Gasteiger partial charge in [-0.2, -0.15) is 0 Å². The van der Waals surface area contributed by atoms with E-state index in [-0.39, 0.29) is 0 Å². The molecule has 2 aromatic rings. The maximum atomic E-state index is 4.65. The maximum Gasteiger partial charge on any atom is 0.136 e. The van der Waals surface area contributed by atoms with Crippen molar-refractivity contribution in [3.8, 4) is 0 Å². The summed E-state index contributed by atoms with van der Waals surface area (Å²) in [6.07, 6.45) is 3.46. The summed E-state index contributed by atoms with van der Waals surface area (Å²) in [5.41, 5.74) is 0. The van der Waals surface area contributed by atoms with Crippen molar-refractivity contribution >= 4 is 23.0 Å². The Labute approximate surface area is 123 Å². The van der Waals surface area contributed by atoms with E-state index in [1.807, 2.05) is 13.1 Å². The van der Waals surface area contributed by atoms with E-state index >= 15 is 0 Å². The number of hydrogen-bond acceptors (Lipinski definition) is 5. The fourth-order valence-corrected chi connectivity index (χ4v) is 3.06. The molecule has 0 spiro atoms. The molecule has 1 saturated carbocycles. The van der Waals surface area contributed by atoms with Crippen LogP contribution >= 0.6 is 11.3 Å². The van der Waals surface area contributed by atoms with Gasteiger partial charge in [0.25, 0.3) is 0 Å². The zero-order valence-corrected chi connectivity index (χ0v) is 12.7. The molecule has 0 bridgehead atoms. The van der Waals surface area contributed by atoms with Gasteiger partial charge in [0, 0.05) is 36.4 Å². The molecule has 20 heavy (non-hydrogen) atoms. The molecule has 0 aromatic carbocycles. The van der Waals surface area contributed by atoms with E-state index in [2.05, 4.69) is 45.0 Å². The Kier molecular flexibility index (Phi) is 3.87. The number of rotatable bonds is 6. The normalized spacial score (nSPS) is 15.9. The molecule has 0 aliphatic heterocycles. The van der Waals surface area contributed by atoms with Crippen LogP contribution in [0.1, 0.15) is 36.4 Å². The van der Waals surface area contributed by atoms with Gasteiger partial charge in [0.2, 0.25) is 0 Å². The number of nitrogens with zero attached hydrogens (tertiary/aromatic N) is 2. The largest absolute Gasteiger partial charge is 0.373 e. The van der Waals surface area contributed by atoms with E-state index in [9.17, 15) is 0 Å². The van der Waals surface area contributed by atoms with Gasteiger partial charge in [-0.3, -0.25) is 0 Å². The molecule has 2 heterocycles. The monoisotopic (exact) mass is 288 g/mol. The average Bonchev–Trinajstić information content (AvgIpc) is 3.17. The highest BCUT2D eigenvalue weighted by Gasteiger charge is 2.27. The Morgan fingerprint density at radius 2 is 2.15 bits per heavy atom. The second-order valence-electron chi connectivity index (χ2n) is 5.35. The van der Waals surface area contributed by atoms with E-state index < -0.39 is 0 Å². The number of aromatic nitrogens is 2. The van der Waals surface area contributed by atoms with E-state index in [4.69, 9.17) is 0 Å². The molecule has 0 saturated heterocycles. The van der Waals surface area contributed by atoms with Crippen LogP contribution in [0.15, 0.2) is 23.6 Å². The highest BCUT2D eigenvalue weighted by atomic mass is 32.1. The summed E-state index contributed by atoms with van der Waals surface area (Å²) < 4.78 is 0. The van der Waals surface area contributed by atoms with Crippen molar-refractivity contribution in [1.29, 1.82) is 0 Å². The fraction of sp³-hybridized carbons (Fsp3) is 0.467. The SMILES string of the molecule is CNc1cc(NC(C)Cc2cccs2)nc(C2CC2)n1. The van der Waals surface area contributed by atoms with Gasteiger partial charge in [-0.25, -0.2) is 9.97 Å². The number of hydrogen-bond donors (Lipinski definition) is 2. The van der Waals surface area contributed by atoms with Gasteiger partial charge in [-0.05, 0) is 31.2 Å². The molecule has 1 fully saturated rings. The van der Waals surface area contributed by atoms with Crippen LogP contribution in [0, 0.1) is 0 Å². The minimum atomic E-state index is 0.361. The first-order chi connectivity index (χ1) is 9.74. The summed E-state index contributed by atoms with van der Waals surface area (Å²) in [5.74, 6) is 3.36. The van der Waals surface area contributed by atoms with E-state index in [1.54, 1.807) is 11.3 Å². The molecule has 1 aliphatic rings. The van der Waals surface area contributed by atoms with Crippen molar-refractivity contribution < 1.29 is 0 Å². The Bertz CT molecular complexity index is 563. The minimum Gasteiger partial charge on any atom is -0.373 e. The Balaban J connectivity index is 1.70. The Morgan fingerprint density at radius 1 is 1.35 bits per heavy atom. The lowest BCUT2D eigenvalue weighted by molar-refractivity contribution is 0.788. The van der Waals surface area contributed by atoms with Crippen LogP contribution < -0.4 is 10.6 Å². The molecule has 5 heteroatoms. The molecular weight excluding hydrogens is 268 g/mol. The summed E-state index contributed by atoms with van der Waals surface area (Å²) >= 11 is 1.80. The molecule has 1 unspecified atom stereocenters. The van der Waals surface area contributed by atoms with Crippen molar-refractivity contribution in [2.24, 2.45) is 0 Å². The fourth-order valence-electron chi connectivity index (χ4n) is 2.23. The third-order valence-electron chi connectivity index (χ3n) is 3.42. The molecule has 2 N–H and O–H groups in total. The first kappa shape index (κ1) is 13.4. The van der Waals surface area contributed by atoms with Crippen LogP contribution in [-0.2, 0) is 6.42 Å². The van der Waals surface area contributed by atoms with E-state index in [0.29, 0.717) is 12.0 Å². The predicted octanol–water partition coefficient (Wildman–Crippen LogP) is 3.50. The van der Waals surface area contributed by atoms with Gasteiger partial charge < -0.3 is 10.6 Å². The highest BCUT2D eigenvalue weighted by molar-refractivity contribution is 7.09. The Hall–Kier alpha value is -1.62. The van der Waals surface area contributed by atoms with Gasteiger partial charge in [-0.1, -0.05) is 6.07 Å². The van der Waals surface area contributed by atoms with Gasteiger partial charge in [0.15, 0.2) is 0 Å². The predicted molar refractivity (Wildman–Crippen MR) is 84.7 cm³/mol. The zero-order valence-electron chi connectivity index (χ0n) is 11.9. The molecule has 4 nitrogen and oxygen atoms in total. The minimum absolute atomic E-state index is 0.361. The lowest BCUT2D eigenvalue weighted by atomic mass is 10.2. The highest BCUT2D eigenvalue weighted by Crippen LogP contribution is 2.38. The molecule has 0 amide bonds. The summed E-state index contributed by atoms with van der Waals surface area (Å²) in [7, 11) is 1.90. The molecule has 2 aromatic heterocycles. The van der Waals surface area contributed by atoms with Crippen LogP contribution in [0.2, 0.25) is 0 Å². The standard InChI is InChI=1S/C15H20N4S/c1-10(8-12-4-3-7-20-12)17-14-9-13(16-2)18-15(19-14)11-5-6-11/h3-4,7,9-11H,5-6,8H2,1-2H3,(H2,16,17,18,19). The molecule has 1 aliphatic carbocycles. The first-order valence-electron chi connectivity index (χ1n) is 7.10. The van der Waals surface area contributed by atoms with Crippen LogP contribution in [0.3, 0.4) is 0 Å². The topological polar surface area (TPSA) is 49.8 Å². The number of nitrogens with one attached hydrogen (secondary N) is 2. The summed E-state index contributed by atoms with van der Waals surface area (Å²) in [6.45, 7) is 2.19. The van der Waals surface area contributed by atoms with Crippen molar-refractivity contribution in [3.05, 3.63) is 34.3 Å². The second-order valence-corrected chi connectivity index (χ2v) is 6.38. The summed E-state index contributed by atoms with van der Waals surface area (Å²) in [5, 5.41) is 8.74. The van der Waals surface area contributed by atoms with Crippen LogP contribution in [0.4, 0.5) is 11.6 Å². The molecular formula is C15H20N4S. The third kappa shape index (κ3) is 3.28. The maximum absolute atomic E-state index is 4.65. The molecule has 0 radical (unpaired) electrons. The second kappa shape index (κ2) is 5.79. The average molecular weight is 288 g/mol. The van der Waals surface area contributed by atoms with Gasteiger partial charge in [0.05, 0.1) is 0 Å². The molecule has 3 rings (SSSR count).